The van der Waals surface area contributed by atoms with Crippen molar-refractivity contribution in [1.29, 1.82) is 0 Å². The first kappa shape index (κ1) is 17.1. The summed E-state index contributed by atoms with van der Waals surface area (Å²) < 4.78 is 0. The molecule has 128 valence electrons. The third-order valence-electron chi connectivity index (χ3n) is 4.75. The number of aromatic nitrogens is 1. The van der Waals surface area contributed by atoms with E-state index in [1.807, 2.05) is 34.7 Å². The summed E-state index contributed by atoms with van der Waals surface area (Å²) in [5, 5.41) is 4.10. The van der Waals surface area contributed by atoms with Gasteiger partial charge in [0.05, 0.1) is 6.42 Å². The van der Waals surface area contributed by atoms with Crippen LogP contribution in [-0.4, -0.2) is 53.4 Å². The van der Waals surface area contributed by atoms with Gasteiger partial charge in [0.1, 0.15) is 0 Å². The molecule has 0 aliphatic carbocycles. The van der Waals surface area contributed by atoms with Crippen LogP contribution in [0.3, 0.4) is 0 Å². The molecule has 3 rings (SSSR count). The monoisotopic (exact) mass is 343 g/mol. The fourth-order valence-corrected chi connectivity index (χ4v) is 3.91. The molecule has 1 amide bonds. The van der Waals surface area contributed by atoms with Crippen molar-refractivity contribution in [2.45, 2.75) is 31.7 Å². The van der Waals surface area contributed by atoms with Crippen LogP contribution in [-0.2, 0) is 17.6 Å². The highest BCUT2D eigenvalue weighted by molar-refractivity contribution is 7.07. The van der Waals surface area contributed by atoms with Gasteiger partial charge in [0, 0.05) is 44.0 Å². The molecule has 5 heteroatoms. The number of piperidine rings is 1. The van der Waals surface area contributed by atoms with Crippen molar-refractivity contribution in [3.8, 4) is 0 Å². The predicted octanol–water partition coefficient (Wildman–Crippen LogP) is 2.85. The number of carbonyl (C=O) groups excluding carboxylic acids is 1. The highest BCUT2D eigenvalue weighted by Gasteiger charge is 2.26. The summed E-state index contributed by atoms with van der Waals surface area (Å²) in [6, 6.07) is 8.56. The highest BCUT2D eigenvalue weighted by Crippen LogP contribution is 2.17. The maximum atomic E-state index is 12.5. The van der Waals surface area contributed by atoms with Crippen molar-refractivity contribution in [3.05, 3.63) is 52.5 Å². The Morgan fingerprint density at radius 3 is 3.08 bits per heavy atom. The Morgan fingerprint density at radius 2 is 2.33 bits per heavy atom. The summed E-state index contributed by atoms with van der Waals surface area (Å²) in [5.74, 6) is 0.260. The van der Waals surface area contributed by atoms with E-state index in [4.69, 9.17) is 0 Å². The molecule has 0 N–H and O–H groups in total. The molecule has 0 spiro atoms. The third kappa shape index (κ3) is 4.65. The first-order valence-electron chi connectivity index (χ1n) is 8.61. The number of likely N-dealkylation sites (tertiary alicyclic amines) is 1. The number of hydrogen-bond acceptors (Lipinski definition) is 4. The van der Waals surface area contributed by atoms with E-state index >= 15 is 0 Å². The molecule has 0 unspecified atom stereocenters. The number of carbonyl (C=O) groups is 1. The van der Waals surface area contributed by atoms with Gasteiger partial charge < -0.3 is 9.80 Å². The fourth-order valence-electron chi connectivity index (χ4n) is 3.24. The van der Waals surface area contributed by atoms with Gasteiger partial charge in [0.25, 0.3) is 0 Å². The molecule has 0 saturated carbocycles. The van der Waals surface area contributed by atoms with Crippen LogP contribution in [0.25, 0.3) is 0 Å². The Bertz CT molecular complexity index is 629. The van der Waals surface area contributed by atoms with Crippen LogP contribution in [0, 0.1) is 0 Å². The van der Waals surface area contributed by atoms with Gasteiger partial charge in [-0.1, -0.05) is 6.07 Å². The molecule has 4 nitrogen and oxygen atoms in total. The van der Waals surface area contributed by atoms with Gasteiger partial charge in [-0.3, -0.25) is 9.78 Å². The van der Waals surface area contributed by atoms with Gasteiger partial charge in [-0.15, -0.1) is 0 Å². The number of hydrogen-bond donors (Lipinski definition) is 0. The lowest BCUT2D eigenvalue weighted by Crippen LogP contribution is -2.49. The Kier molecular flexibility index (Phi) is 5.99. The zero-order valence-corrected chi connectivity index (χ0v) is 15.0. The van der Waals surface area contributed by atoms with E-state index in [0.29, 0.717) is 12.5 Å². The molecular weight excluding hydrogens is 318 g/mol. The third-order valence-corrected chi connectivity index (χ3v) is 5.49. The maximum absolute atomic E-state index is 12.5. The first-order chi connectivity index (χ1) is 11.7. The van der Waals surface area contributed by atoms with Gasteiger partial charge in [0.2, 0.25) is 5.91 Å². The number of amides is 1. The van der Waals surface area contributed by atoms with Gasteiger partial charge in [-0.25, -0.2) is 0 Å². The van der Waals surface area contributed by atoms with Gasteiger partial charge in [-0.2, -0.15) is 11.3 Å². The summed E-state index contributed by atoms with van der Waals surface area (Å²) in [5.41, 5.74) is 2.26. The van der Waals surface area contributed by atoms with Crippen molar-refractivity contribution < 1.29 is 4.79 Å². The lowest BCUT2D eigenvalue weighted by molar-refractivity contribution is -0.132. The number of likely N-dealkylation sites (N-methyl/N-ethyl adjacent to an activating group) is 1. The summed E-state index contributed by atoms with van der Waals surface area (Å²) in [7, 11) is 2.17. The van der Waals surface area contributed by atoms with E-state index in [9.17, 15) is 4.79 Å². The van der Waals surface area contributed by atoms with Crippen molar-refractivity contribution in [3.63, 3.8) is 0 Å². The zero-order valence-electron chi connectivity index (χ0n) is 14.2. The molecule has 2 aromatic rings. The van der Waals surface area contributed by atoms with E-state index < -0.39 is 0 Å². The minimum Gasteiger partial charge on any atom is -0.341 e. The van der Waals surface area contributed by atoms with Crippen LogP contribution in [0.5, 0.6) is 0 Å². The topological polar surface area (TPSA) is 36.4 Å². The molecule has 1 aliphatic rings. The molecule has 3 heterocycles. The maximum Gasteiger partial charge on any atom is 0.227 e. The van der Waals surface area contributed by atoms with Crippen LogP contribution in [0.4, 0.5) is 0 Å². The van der Waals surface area contributed by atoms with Gasteiger partial charge >= 0.3 is 0 Å². The largest absolute Gasteiger partial charge is 0.341 e. The quantitative estimate of drug-likeness (QED) is 0.809. The number of thiophene rings is 1. The van der Waals surface area contributed by atoms with Crippen LogP contribution in [0.2, 0.25) is 0 Å². The van der Waals surface area contributed by atoms with Crippen LogP contribution >= 0.6 is 11.3 Å². The predicted molar refractivity (Wildman–Crippen MR) is 98.2 cm³/mol. The number of nitrogens with zero attached hydrogens (tertiary/aromatic N) is 3. The van der Waals surface area contributed by atoms with Crippen molar-refractivity contribution >= 4 is 17.2 Å². The van der Waals surface area contributed by atoms with E-state index in [2.05, 4.69) is 28.4 Å². The minimum atomic E-state index is 0.260. The summed E-state index contributed by atoms with van der Waals surface area (Å²) in [6.07, 6.45) is 5.60. The molecule has 1 atom stereocenters. The lowest BCUT2D eigenvalue weighted by Gasteiger charge is -2.37. The van der Waals surface area contributed by atoms with E-state index in [1.165, 1.54) is 6.42 Å². The Hall–Kier alpha value is -1.72. The highest BCUT2D eigenvalue weighted by atomic mass is 32.1. The summed E-state index contributed by atoms with van der Waals surface area (Å²) >= 11 is 1.65. The molecule has 1 fully saturated rings. The smallest absolute Gasteiger partial charge is 0.227 e. The van der Waals surface area contributed by atoms with E-state index in [1.54, 1.807) is 11.3 Å². The molecule has 0 bridgehead atoms. The normalized spacial score (nSPS) is 18.1. The molecule has 1 aliphatic heterocycles. The summed E-state index contributed by atoms with van der Waals surface area (Å²) in [6.45, 7) is 2.73. The average molecular weight is 343 g/mol. The fraction of sp³-hybridized carbons (Fsp3) is 0.474. The van der Waals surface area contributed by atoms with Gasteiger partial charge in [0.15, 0.2) is 0 Å². The first-order valence-corrected chi connectivity index (χ1v) is 9.55. The number of rotatable bonds is 6. The second kappa shape index (κ2) is 8.40. The molecule has 1 saturated heterocycles. The zero-order chi connectivity index (χ0) is 16.8. The SMILES string of the molecule is CN(CCc1ccccn1)[C@H]1CCCN(C(=O)Cc2ccsc2)C1. The molecule has 24 heavy (non-hydrogen) atoms. The molecule has 2 aromatic heterocycles. The standard InChI is InChI=1S/C19H25N3OS/c1-21(11-7-17-5-2-3-9-20-17)18-6-4-10-22(14-18)19(23)13-16-8-12-24-15-16/h2-3,5,8-9,12,15,18H,4,6-7,10-11,13-14H2,1H3/t18-/m0/s1. The average Bonchev–Trinajstić information content (AvgIpc) is 3.13. The summed E-state index contributed by atoms with van der Waals surface area (Å²) in [4.78, 5) is 21.3. The molecule has 0 radical (unpaired) electrons. The van der Waals surface area contributed by atoms with Crippen LogP contribution in [0.15, 0.2) is 41.2 Å². The second-order valence-corrected chi connectivity index (χ2v) is 7.28. The van der Waals surface area contributed by atoms with E-state index in [0.717, 1.165) is 43.7 Å². The minimum absolute atomic E-state index is 0.260. The Morgan fingerprint density at radius 1 is 1.42 bits per heavy atom. The van der Waals surface area contributed by atoms with Gasteiger partial charge in [-0.05, 0) is 54.4 Å². The van der Waals surface area contributed by atoms with Crippen molar-refractivity contribution in [1.82, 2.24) is 14.8 Å². The Labute approximate surface area is 148 Å². The van der Waals surface area contributed by atoms with Crippen molar-refractivity contribution in [2.24, 2.45) is 0 Å². The van der Waals surface area contributed by atoms with Crippen LogP contribution < -0.4 is 0 Å². The Balaban J connectivity index is 1.50. The van der Waals surface area contributed by atoms with E-state index in [-0.39, 0.29) is 5.91 Å². The van der Waals surface area contributed by atoms with Crippen LogP contribution in [0.1, 0.15) is 24.1 Å². The number of pyridine rings is 1. The lowest BCUT2D eigenvalue weighted by atomic mass is 10.0. The molecular formula is C19H25N3OS. The second-order valence-electron chi connectivity index (χ2n) is 6.50. The molecule has 0 aromatic carbocycles. The van der Waals surface area contributed by atoms with Crippen molar-refractivity contribution in [2.75, 3.05) is 26.7 Å².